The molecule has 5 heteroatoms. The molecule has 0 unspecified atom stereocenters. The Balaban J connectivity index is 2.48. The molecule has 0 bridgehead atoms. The molecule has 0 fully saturated rings. The van der Waals surface area contributed by atoms with Gasteiger partial charge in [0.05, 0.1) is 12.1 Å². The van der Waals surface area contributed by atoms with Crippen molar-refractivity contribution in [2.45, 2.75) is 0 Å². The van der Waals surface area contributed by atoms with Crippen molar-refractivity contribution in [2.75, 3.05) is 13.2 Å². The van der Waals surface area contributed by atoms with Gasteiger partial charge in [-0.15, -0.1) is 0 Å². The summed E-state index contributed by atoms with van der Waals surface area (Å²) in [4.78, 5) is 15.2. The van der Waals surface area contributed by atoms with Crippen LogP contribution in [0.25, 0.3) is 0 Å². The van der Waals surface area contributed by atoms with Crippen molar-refractivity contribution in [2.24, 2.45) is 0 Å². The molecule has 68 valence electrons. The Morgan fingerprint density at radius 1 is 1.62 bits per heavy atom. The van der Waals surface area contributed by atoms with Crippen molar-refractivity contribution < 1.29 is 9.53 Å². The van der Waals surface area contributed by atoms with E-state index in [1.807, 2.05) is 0 Å². The summed E-state index contributed by atoms with van der Waals surface area (Å²) in [5, 5.41) is 3.00. The zero-order valence-electron chi connectivity index (χ0n) is 6.71. The Bertz CT molecular complexity index is 354. The topological polar surface area (TPSA) is 51.2 Å². The van der Waals surface area contributed by atoms with E-state index in [0.717, 1.165) is 0 Å². The van der Waals surface area contributed by atoms with Gasteiger partial charge in [0.2, 0.25) is 0 Å². The first-order chi connectivity index (χ1) is 6.27. The second-order valence-corrected chi connectivity index (χ2v) is 2.99. The minimum atomic E-state index is -0.170. The Labute approximate surface area is 79.9 Å². The van der Waals surface area contributed by atoms with Gasteiger partial charge < -0.3 is 10.1 Å². The minimum Gasteiger partial charge on any atom is -0.491 e. The third kappa shape index (κ3) is 1.58. The van der Waals surface area contributed by atoms with Crippen molar-refractivity contribution >= 4 is 17.5 Å². The quantitative estimate of drug-likeness (QED) is 0.629. The highest BCUT2D eigenvalue weighted by Crippen LogP contribution is 2.22. The van der Waals surface area contributed by atoms with Gasteiger partial charge in [0.15, 0.2) is 0 Å². The Morgan fingerprint density at radius 3 is 3.31 bits per heavy atom. The molecule has 0 aromatic carbocycles. The summed E-state index contributed by atoms with van der Waals surface area (Å²) in [6.45, 7) is 0.963. The summed E-state index contributed by atoms with van der Waals surface area (Å²) in [7, 11) is 0. The zero-order valence-corrected chi connectivity index (χ0v) is 7.47. The SMILES string of the molecule is O=C1NCCOc2cc(Cl)ncc21. The van der Waals surface area contributed by atoms with Crippen LogP contribution in [0.2, 0.25) is 5.15 Å². The number of carbonyl (C=O) groups is 1. The van der Waals surface area contributed by atoms with E-state index in [2.05, 4.69) is 10.3 Å². The summed E-state index contributed by atoms with van der Waals surface area (Å²) < 4.78 is 5.29. The maximum absolute atomic E-state index is 11.3. The predicted octanol–water partition coefficient (Wildman–Crippen LogP) is 0.857. The van der Waals surface area contributed by atoms with Crippen molar-refractivity contribution in [3.05, 3.63) is 23.0 Å². The highest BCUT2D eigenvalue weighted by Gasteiger charge is 2.16. The van der Waals surface area contributed by atoms with Crippen LogP contribution in [0.1, 0.15) is 10.4 Å². The number of fused-ring (bicyclic) bond motifs is 1. The van der Waals surface area contributed by atoms with E-state index < -0.39 is 0 Å². The fourth-order valence-electron chi connectivity index (χ4n) is 1.12. The van der Waals surface area contributed by atoms with Crippen molar-refractivity contribution in [3.63, 3.8) is 0 Å². The molecule has 1 aromatic heterocycles. The molecule has 4 nitrogen and oxygen atoms in total. The van der Waals surface area contributed by atoms with E-state index in [1.165, 1.54) is 6.20 Å². The normalized spacial score (nSPS) is 15.3. The van der Waals surface area contributed by atoms with Gasteiger partial charge in [-0.3, -0.25) is 4.79 Å². The largest absolute Gasteiger partial charge is 0.491 e. The number of hydrogen-bond acceptors (Lipinski definition) is 3. The molecule has 0 saturated carbocycles. The Kier molecular flexibility index (Phi) is 2.06. The second-order valence-electron chi connectivity index (χ2n) is 2.61. The van der Waals surface area contributed by atoms with Crippen molar-refractivity contribution in [1.29, 1.82) is 0 Å². The lowest BCUT2D eigenvalue weighted by Gasteiger charge is -2.03. The standard InChI is InChI=1S/C8H7ClN2O2/c9-7-3-6-5(4-11-7)8(12)10-1-2-13-6/h3-4H,1-2H2,(H,10,12). The van der Waals surface area contributed by atoms with E-state index in [9.17, 15) is 4.79 Å². The number of hydrogen-bond donors (Lipinski definition) is 1. The van der Waals surface area contributed by atoms with Crippen LogP contribution in [0.15, 0.2) is 12.3 Å². The van der Waals surface area contributed by atoms with Crippen LogP contribution in [-0.4, -0.2) is 24.0 Å². The van der Waals surface area contributed by atoms with Gasteiger partial charge in [0.25, 0.3) is 5.91 Å². The van der Waals surface area contributed by atoms with Crippen LogP contribution in [-0.2, 0) is 0 Å². The fraction of sp³-hybridized carbons (Fsp3) is 0.250. The van der Waals surface area contributed by atoms with E-state index in [4.69, 9.17) is 16.3 Å². The molecule has 1 aliphatic heterocycles. The minimum absolute atomic E-state index is 0.170. The predicted molar refractivity (Wildman–Crippen MR) is 47.1 cm³/mol. The molecule has 0 spiro atoms. The second kappa shape index (κ2) is 3.22. The molecule has 1 amide bonds. The molecule has 1 aliphatic rings. The van der Waals surface area contributed by atoms with Gasteiger partial charge in [-0.1, -0.05) is 11.6 Å². The summed E-state index contributed by atoms with van der Waals surface area (Å²) >= 11 is 5.65. The number of nitrogens with zero attached hydrogens (tertiary/aromatic N) is 1. The first-order valence-corrected chi connectivity index (χ1v) is 4.22. The van der Waals surface area contributed by atoms with Gasteiger partial charge in [0.1, 0.15) is 17.5 Å². The molecule has 1 aromatic rings. The average Bonchev–Trinajstić information content (AvgIpc) is 2.28. The van der Waals surface area contributed by atoms with E-state index in [1.54, 1.807) is 6.07 Å². The lowest BCUT2D eigenvalue weighted by atomic mass is 10.2. The number of nitrogens with one attached hydrogen (secondary N) is 1. The highest BCUT2D eigenvalue weighted by molar-refractivity contribution is 6.29. The van der Waals surface area contributed by atoms with Gasteiger partial charge in [0, 0.05) is 12.3 Å². The summed E-state index contributed by atoms with van der Waals surface area (Å²) in [6, 6.07) is 1.54. The number of carbonyl (C=O) groups excluding carboxylic acids is 1. The Hall–Kier alpha value is -1.29. The first-order valence-electron chi connectivity index (χ1n) is 3.84. The summed E-state index contributed by atoms with van der Waals surface area (Å²) in [5.74, 6) is 0.326. The molecular formula is C8H7ClN2O2. The van der Waals surface area contributed by atoms with Crippen LogP contribution in [0, 0.1) is 0 Å². The molecule has 0 atom stereocenters. The number of halogens is 1. The maximum Gasteiger partial charge on any atom is 0.256 e. The Morgan fingerprint density at radius 2 is 2.46 bits per heavy atom. The van der Waals surface area contributed by atoms with Crippen molar-refractivity contribution in [1.82, 2.24) is 10.3 Å². The number of pyridine rings is 1. The number of amides is 1. The lowest BCUT2D eigenvalue weighted by Crippen LogP contribution is -2.24. The summed E-state index contributed by atoms with van der Waals surface area (Å²) in [6.07, 6.45) is 1.42. The van der Waals surface area contributed by atoms with Crippen LogP contribution >= 0.6 is 11.6 Å². The monoisotopic (exact) mass is 198 g/mol. The van der Waals surface area contributed by atoms with E-state index in [0.29, 0.717) is 29.6 Å². The van der Waals surface area contributed by atoms with Gasteiger partial charge in [-0.2, -0.15) is 0 Å². The molecule has 2 rings (SSSR count). The number of ether oxygens (including phenoxy) is 1. The molecule has 1 N–H and O–H groups in total. The first kappa shape index (κ1) is 8.31. The average molecular weight is 199 g/mol. The van der Waals surface area contributed by atoms with E-state index in [-0.39, 0.29) is 5.91 Å². The van der Waals surface area contributed by atoms with Crippen LogP contribution in [0.4, 0.5) is 0 Å². The number of aromatic nitrogens is 1. The molecular weight excluding hydrogens is 192 g/mol. The summed E-state index contributed by atoms with van der Waals surface area (Å²) in [5.41, 5.74) is 0.432. The lowest BCUT2D eigenvalue weighted by molar-refractivity contribution is 0.0957. The van der Waals surface area contributed by atoms with Crippen LogP contribution in [0.3, 0.4) is 0 Å². The van der Waals surface area contributed by atoms with E-state index >= 15 is 0 Å². The van der Waals surface area contributed by atoms with Gasteiger partial charge in [-0.05, 0) is 0 Å². The third-order valence-electron chi connectivity index (χ3n) is 1.72. The van der Waals surface area contributed by atoms with Crippen LogP contribution in [0.5, 0.6) is 5.75 Å². The zero-order chi connectivity index (χ0) is 9.26. The number of rotatable bonds is 0. The third-order valence-corrected chi connectivity index (χ3v) is 1.93. The molecule has 0 saturated heterocycles. The van der Waals surface area contributed by atoms with Crippen molar-refractivity contribution in [3.8, 4) is 5.75 Å². The maximum atomic E-state index is 11.3. The van der Waals surface area contributed by atoms with Gasteiger partial charge in [-0.25, -0.2) is 4.98 Å². The molecule has 13 heavy (non-hydrogen) atoms. The molecule has 0 aliphatic carbocycles. The molecule has 0 radical (unpaired) electrons. The highest BCUT2D eigenvalue weighted by atomic mass is 35.5. The fourth-order valence-corrected chi connectivity index (χ4v) is 1.27. The molecule has 2 heterocycles. The smallest absolute Gasteiger partial charge is 0.256 e. The van der Waals surface area contributed by atoms with Gasteiger partial charge >= 0.3 is 0 Å². The van der Waals surface area contributed by atoms with Crippen LogP contribution < -0.4 is 10.1 Å².